The number of nitrogens with zero attached hydrogens (tertiary/aromatic N) is 5. The van der Waals surface area contributed by atoms with Crippen LogP contribution < -0.4 is 5.32 Å². The quantitative estimate of drug-likeness (QED) is 0.130. The van der Waals surface area contributed by atoms with Crippen molar-refractivity contribution in [3.63, 3.8) is 0 Å². The van der Waals surface area contributed by atoms with E-state index in [-0.39, 0.29) is 23.7 Å². The van der Waals surface area contributed by atoms with Crippen LogP contribution in [0.3, 0.4) is 0 Å². The maximum absolute atomic E-state index is 12.3. The number of nitrogens with one attached hydrogen (secondary N) is 1. The molecule has 1 saturated heterocycles. The zero-order chi connectivity index (χ0) is 34.1. The molecule has 2 aromatic heterocycles. The van der Waals surface area contributed by atoms with E-state index in [0.717, 1.165) is 16.7 Å². The molecule has 6 rings (SSSR count). The van der Waals surface area contributed by atoms with Crippen molar-refractivity contribution in [2.45, 2.75) is 63.0 Å². The summed E-state index contributed by atoms with van der Waals surface area (Å²) in [4.78, 5) is 23.2. The van der Waals surface area contributed by atoms with Crippen LogP contribution in [0.25, 0.3) is 11.0 Å². The Morgan fingerprint density at radius 3 is 1.94 bits per heavy atom. The lowest BCUT2D eigenvalue weighted by atomic mass is 9.76. The highest BCUT2D eigenvalue weighted by molar-refractivity contribution is 6.74. The molecule has 1 amide bonds. The summed E-state index contributed by atoms with van der Waals surface area (Å²) in [5.41, 5.74) is 3.14. The normalized spacial score (nSPS) is 17.2. The van der Waals surface area contributed by atoms with Crippen LogP contribution in [0.2, 0.25) is 18.1 Å². The fourth-order valence-electron chi connectivity index (χ4n) is 6.65. The van der Waals surface area contributed by atoms with E-state index in [9.17, 15) is 15.2 Å². The summed E-state index contributed by atoms with van der Waals surface area (Å²) < 4.78 is 8.81. The van der Waals surface area contributed by atoms with Crippen molar-refractivity contribution in [1.82, 2.24) is 19.4 Å². The third-order valence-corrected chi connectivity index (χ3v) is 14.5. The summed E-state index contributed by atoms with van der Waals surface area (Å²) in [6, 6.07) is 32.8. The van der Waals surface area contributed by atoms with Gasteiger partial charge < -0.3 is 24.3 Å². The number of hydrogen-bond acceptors (Lipinski definition) is 6. The van der Waals surface area contributed by atoms with Crippen molar-refractivity contribution in [3.8, 4) is 6.07 Å². The van der Waals surface area contributed by atoms with E-state index >= 15 is 0 Å². The van der Waals surface area contributed by atoms with Crippen LogP contribution in [0.1, 0.15) is 49.4 Å². The molecule has 9 nitrogen and oxygen atoms in total. The summed E-state index contributed by atoms with van der Waals surface area (Å²) in [5.74, 6) is 0.488. The highest BCUT2D eigenvalue weighted by Crippen LogP contribution is 2.44. The van der Waals surface area contributed by atoms with E-state index in [0.29, 0.717) is 35.4 Å². The van der Waals surface area contributed by atoms with Gasteiger partial charge in [0.2, 0.25) is 0 Å². The lowest BCUT2D eigenvalue weighted by Gasteiger charge is -2.43. The molecule has 10 heteroatoms. The Hall–Kier alpha value is -4.98. The van der Waals surface area contributed by atoms with Gasteiger partial charge in [-0.05, 0) is 41.2 Å². The summed E-state index contributed by atoms with van der Waals surface area (Å²) in [5, 5.41) is 24.7. The Morgan fingerprint density at radius 1 is 0.917 bits per heavy atom. The SMILES string of the molecule is CC(C)(C)[Si](C)(C)O[C@H]1C[C@@H](Nc2ncnc3c2c(C#N)cn3C(c2ccccc2)(c2ccccc2)c2ccccc2)CN(C(=O)O)C1. The van der Waals surface area contributed by atoms with Crippen molar-refractivity contribution in [2.24, 2.45) is 0 Å². The number of carboxylic acid groups (broad SMARTS) is 1. The van der Waals surface area contributed by atoms with Crippen LogP contribution in [-0.2, 0) is 9.96 Å². The first kappa shape index (κ1) is 32.9. The molecule has 5 aromatic rings. The molecule has 1 aliphatic heterocycles. The molecular formula is C38H42N6O3Si. The second kappa shape index (κ2) is 12.9. The monoisotopic (exact) mass is 658 g/mol. The summed E-state index contributed by atoms with van der Waals surface area (Å²) in [6.45, 7) is 11.5. The third kappa shape index (κ3) is 5.96. The number of fused-ring (bicyclic) bond motifs is 1. The molecular weight excluding hydrogens is 617 g/mol. The summed E-state index contributed by atoms with van der Waals surface area (Å²) >= 11 is 0. The van der Waals surface area contributed by atoms with E-state index < -0.39 is 19.9 Å². The van der Waals surface area contributed by atoms with Gasteiger partial charge in [-0.3, -0.25) is 0 Å². The molecule has 1 fully saturated rings. The lowest BCUT2D eigenvalue weighted by molar-refractivity contribution is 0.0665. The minimum atomic E-state index is -2.17. The molecule has 0 radical (unpaired) electrons. The average molecular weight is 659 g/mol. The summed E-state index contributed by atoms with van der Waals surface area (Å²) in [6.07, 6.45) is 2.72. The van der Waals surface area contributed by atoms with Crippen molar-refractivity contribution in [2.75, 3.05) is 18.4 Å². The van der Waals surface area contributed by atoms with Gasteiger partial charge in [0.25, 0.3) is 0 Å². The number of rotatable bonds is 8. The number of benzene rings is 3. The molecule has 0 saturated carbocycles. The zero-order valence-corrected chi connectivity index (χ0v) is 29.1. The van der Waals surface area contributed by atoms with Gasteiger partial charge in [0.1, 0.15) is 29.4 Å². The van der Waals surface area contributed by atoms with Crippen LogP contribution in [0.4, 0.5) is 10.6 Å². The smallest absolute Gasteiger partial charge is 0.407 e. The van der Waals surface area contributed by atoms with Crippen LogP contribution >= 0.6 is 0 Å². The van der Waals surface area contributed by atoms with Gasteiger partial charge in [0.15, 0.2) is 8.32 Å². The number of aromatic nitrogens is 3. The predicted octanol–water partition coefficient (Wildman–Crippen LogP) is 7.70. The molecule has 0 bridgehead atoms. The number of anilines is 1. The van der Waals surface area contributed by atoms with Crippen LogP contribution in [-0.4, -0.2) is 64.2 Å². The molecule has 2 N–H and O–H groups in total. The van der Waals surface area contributed by atoms with Crippen LogP contribution in [0.5, 0.6) is 0 Å². The number of amides is 1. The zero-order valence-electron chi connectivity index (χ0n) is 28.1. The van der Waals surface area contributed by atoms with E-state index in [2.05, 4.69) is 91.2 Å². The van der Waals surface area contributed by atoms with Crippen molar-refractivity contribution in [1.29, 1.82) is 5.26 Å². The fraction of sp³-hybridized carbons (Fsp3) is 0.316. The molecule has 1 aliphatic rings. The van der Waals surface area contributed by atoms with Gasteiger partial charge in [0, 0.05) is 25.3 Å². The minimum Gasteiger partial charge on any atom is -0.465 e. The standard InChI is InChI=1S/C38H42N6O3Si/c1-37(2,3)48(4,5)47-32-21-31(24-43(25-32)36(45)46)42-34-33-27(22-39)23-44(35(33)41-26-40-34)38(28-15-9-6-10-16-28,29-17-11-7-12-18-29)30-19-13-8-14-20-30/h6-20,23,26,31-32H,21,24-25H2,1-5H3,(H,45,46)(H,40,41,42)/t31-,32+/m1/s1. The highest BCUT2D eigenvalue weighted by Gasteiger charge is 2.43. The van der Waals surface area contributed by atoms with Crippen molar-refractivity contribution >= 4 is 31.3 Å². The topological polar surface area (TPSA) is 116 Å². The van der Waals surface area contributed by atoms with Gasteiger partial charge in [-0.25, -0.2) is 14.8 Å². The second-order valence-electron chi connectivity index (χ2n) is 14.0. The van der Waals surface area contributed by atoms with E-state index in [1.54, 1.807) is 0 Å². The molecule has 3 aromatic carbocycles. The lowest BCUT2D eigenvalue weighted by Crippen LogP contribution is -2.55. The number of likely N-dealkylation sites (tertiary alicyclic amines) is 1. The number of piperidine rings is 1. The summed E-state index contributed by atoms with van der Waals surface area (Å²) in [7, 11) is -2.17. The van der Waals surface area contributed by atoms with Gasteiger partial charge in [0.05, 0.1) is 17.1 Å². The van der Waals surface area contributed by atoms with Gasteiger partial charge in [-0.15, -0.1) is 0 Å². The minimum absolute atomic E-state index is 0.0202. The first-order chi connectivity index (χ1) is 23.0. The van der Waals surface area contributed by atoms with Gasteiger partial charge in [-0.2, -0.15) is 5.26 Å². The molecule has 2 atom stereocenters. The fourth-order valence-corrected chi connectivity index (χ4v) is 8.01. The van der Waals surface area contributed by atoms with Gasteiger partial charge >= 0.3 is 6.09 Å². The van der Waals surface area contributed by atoms with Crippen LogP contribution in [0.15, 0.2) is 104 Å². The van der Waals surface area contributed by atoms with Crippen molar-refractivity contribution in [3.05, 3.63) is 126 Å². The molecule has 0 unspecified atom stereocenters. The Bertz CT molecular complexity index is 1840. The number of nitriles is 1. The first-order valence-corrected chi connectivity index (χ1v) is 19.2. The third-order valence-electron chi connectivity index (χ3n) is 9.93. The number of hydrogen-bond donors (Lipinski definition) is 2. The average Bonchev–Trinajstić information content (AvgIpc) is 3.46. The maximum Gasteiger partial charge on any atom is 0.407 e. The molecule has 246 valence electrons. The predicted molar refractivity (Wildman–Crippen MR) is 191 cm³/mol. The number of carbonyl (C=O) groups is 1. The highest BCUT2D eigenvalue weighted by atomic mass is 28.4. The Kier molecular flexibility index (Phi) is 8.85. The molecule has 48 heavy (non-hydrogen) atoms. The van der Waals surface area contributed by atoms with Gasteiger partial charge in [-0.1, -0.05) is 112 Å². The maximum atomic E-state index is 12.3. The van der Waals surface area contributed by atoms with Crippen LogP contribution in [0, 0.1) is 11.3 Å². The Balaban J connectivity index is 1.50. The van der Waals surface area contributed by atoms with E-state index in [1.165, 1.54) is 11.2 Å². The molecule has 3 heterocycles. The first-order valence-electron chi connectivity index (χ1n) is 16.3. The van der Waals surface area contributed by atoms with E-state index in [4.69, 9.17) is 9.41 Å². The molecule has 0 spiro atoms. The molecule has 0 aliphatic carbocycles. The van der Waals surface area contributed by atoms with Crippen molar-refractivity contribution < 1.29 is 14.3 Å². The largest absolute Gasteiger partial charge is 0.465 e. The van der Waals surface area contributed by atoms with E-state index in [1.807, 2.05) is 60.8 Å². The Morgan fingerprint density at radius 2 is 1.46 bits per heavy atom. The second-order valence-corrected chi connectivity index (χ2v) is 18.8. The Labute approximate surface area is 283 Å².